The first-order valence-electron chi connectivity index (χ1n) is 12.1. The molecule has 1 aliphatic heterocycles. The molecule has 1 N–H and O–H groups in total. The van der Waals surface area contributed by atoms with Crippen LogP contribution in [0.5, 0.6) is 0 Å². The van der Waals surface area contributed by atoms with Gasteiger partial charge in [0.05, 0.1) is 15.9 Å². The standard InChI is InChI=1S/C26H27N5O3S/c1-16(24(33)17-5-6-17)18-7-9-21-20(14-18)28-26(29-25(34)22-10-8-19(15-27)35-22)31(21)13-3-12-30-11-2-4-23(30)32/h7-10,14,16-17H,2-6,11-13H2,1H3,(H,28,29,34). The molecular weight excluding hydrogens is 462 g/mol. The van der Waals surface area contributed by atoms with E-state index in [4.69, 9.17) is 10.2 Å². The van der Waals surface area contributed by atoms with Crippen LogP contribution in [0.25, 0.3) is 11.0 Å². The number of benzene rings is 1. The number of ketones is 1. The molecule has 2 aromatic heterocycles. The SMILES string of the molecule is CC(C(=O)C1CC1)c1ccc2c(c1)nc(NC(=O)c1ccc(C#N)s1)n2CCCN1CCCC1=O. The van der Waals surface area contributed by atoms with Gasteiger partial charge in [0.1, 0.15) is 16.7 Å². The molecule has 1 saturated heterocycles. The summed E-state index contributed by atoms with van der Waals surface area (Å²) in [4.78, 5) is 45.0. The molecule has 35 heavy (non-hydrogen) atoms. The van der Waals surface area contributed by atoms with Crippen molar-refractivity contribution >= 4 is 45.9 Å². The number of nitrogens with zero attached hydrogens (tertiary/aromatic N) is 4. The number of fused-ring (bicyclic) bond motifs is 1. The largest absolute Gasteiger partial charge is 0.343 e. The van der Waals surface area contributed by atoms with Gasteiger partial charge in [-0.1, -0.05) is 13.0 Å². The number of carbonyl (C=O) groups is 3. The Balaban J connectivity index is 1.41. The topological polar surface area (TPSA) is 108 Å². The maximum absolute atomic E-state index is 12.9. The van der Waals surface area contributed by atoms with Crippen LogP contribution in [-0.4, -0.2) is 45.1 Å². The number of hydrogen-bond donors (Lipinski definition) is 1. The number of imidazole rings is 1. The van der Waals surface area contributed by atoms with Crippen molar-refractivity contribution in [3.63, 3.8) is 0 Å². The lowest BCUT2D eigenvalue weighted by Crippen LogP contribution is -2.26. The summed E-state index contributed by atoms with van der Waals surface area (Å²) >= 11 is 1.13. The number of aryl methyl sites for hydroxylation is 1. The van der Waals surface area contributed by atoms with Crippen LogP contribution in [0.2, 0.25) is 0 Å². The number of likely N-dealkylation sites (tertiary alicyclic amines) is 1. The molecule has 8 nitrogen and oxygen atoms in total. The highest BCUT2D eigenvalue weighted by molar-refractivity contribution is 7.14. The number of nitriles is 1. The molecule has 1 unspecified atom stereocenters. The van der Waals surface area contributed by atoms with E-state index in [1.165, 1.54) is 0 Å². The van der Waals surface area contributed by atoms with E-state index in [2.05, 4.69) is 11.4 Å². The van der Waals surface area contributed by atoms with E-state index in [-0.39, 0.29) is 29.4 Å². The molecular formula is C26H27N5O3S. The highest BCUT2D eigenvalue weighted by Gasteiger charge is 2.33. The molecule has 1 saturated carbocycles. The second-order valence-corrected chi connectivity index (χ2v) is 10.4. The third-order valence-electron chi connectivity index (χ3n) is 6.83. The van der Waals surface area contributed by atoms with E-state index >= 15 is 0 Å². The van der Waals surface area contributed by atoms with Gasteiger partial charge >= 0.3 is 0 Å². The summed E-state index contributed by atoms with van der Waals surface area (Å²) in [6.45, 7) is 3.98. The highest BCUT2D eigenvalue weighted by atomic mass is 32.1. The van der Waals surface area contributed by atoms with Gasteiger partial charge in [0.15, 0.2) is 0 Å². The number of Topliss-reactive ketones (excluding diaryl/α,β-unsaturated/α-hetero) is 1. The zero-order valence-corrected chi connectivity index (χ0v) is 20.4. The minimum Gasteiger partial charge on any atom is -0.343 e. The molecule has 0 spiro atoms. The van der Waals surface area contributed by atoms with Crippen molar-refractivity contribution in [3.8, 4) is 6.07 Å². The van der Waals surface area contributed by atoms with Crippen LogP contribution in [-0.2, 0) is 16.1 Å². The van der Waals surface area contributed by atoms with Crippen LogP contribution in [0.3, 0.4) is 0 Å². The Morgan fingerprint density at radius 1 is 1.26 bits per heavy atom. The van der Waals surface area contributed by atoms with Gasteiger partial charge in [0, 0.05) is 37.9 Å². The first kappa shape index (κ1) is 23.2. The lowest BCUT2D eigenvalue weighted by atomic mass is 9.94. The zero-order chi connectivity index (χ0) is 24.5. The average Bonchev–Trinajstić information content (AvgIpc) is 3.29. The van der Waals surface area contributed by atoms with Crippen molar-refractivity contribution in [1.82, 2.24) is 14.5 Å². The number of carbonyl (C=O) groups excluding carboxylic acids is 3. The van der Waals surface area contributed by atoms with E-state index in [1.807, 2.05) is 34.6 Å². The minimum atomic E-state index is -0.319. The van der Waals surface area contributed by atoms with Crippen molar-refractivity contribution < 1.29 is 14.4 Å². The van der Waals surface area contributed by atoms with Gasteiger partial charge in [-0.05, 0) is 55.5 Å². The Morgan fingerprint density at radius 3 is 2.77 bits per heavy atom. The van der Waals surface area contributed by atoms with E-state index < -0.39 is 0 Å². The fourth-order valence-corrected chi connectivity index (χ4v) is 5.37. The van der Waals surface area contributed by atoms with Crippen LogP contribution in [0.1, 0.15) is 65.1 Å². The minimum absolute atomic E-state index is 0.186. The van der Waals surface area contributed by atoms with Crippen LogP contribution in [0.4, 0.5) is 5.95 Å². The van der Waals surface area contributed by atoms with Gasteiger partial charge in [-0.3, -0.25) is 19.7 Å². The third-order valence-corrected chi connectivity index (χ3v) is 7.81. The van der Waals surface area contributed by atoms with Gasteiger partial charge in [0.2, 0.25) is 11.9 Å². The van der Waals surface area contributed by atoms with Crippen LogP contribution < -0.4 is 5.32 Å². The van der Waals surface area contributed by atoms with Gasteiger partial charge < -0.3 is 9.47 Å². The summed E-state index contributed by atoms with van der Waals surface area (Å²) < 4.78 is 1.96. The molecule has 3 aromatic rings. The predicted octanol–water partition coefficient (Wildman–Crippen LogP) is 4.32. The first-order valence-corrected chi connectivity index (χ1v) is 12.9. The second-order valence-electron chi connectivity index (χ2n) is 9.30. The Labute approximate surface area is 207 Å². The molecule has 180 valence electrons. The summed E-state index contributed by atoms with van der Waals surface area (Å²) in [6.07, 6.45) is 4.20. The van der Waals surface area contributed by atoms with Crippen molar-refractivity contribution in [3.05, 3.63) is 45.6 Å². The van der Waals surface area contributed by atoms with Gasteiger partial charge in [-0.15, -0.1) is 11.3 Å². The predicted molar refractivity (Wildman–Crippen MR) is 133 cm³/mol. The smallest absolute Gasteiger partial charge is 0.268 e. The maximum Gasteiger partial charge on any atom is 0.268 e. The summed E-state index contributed by atoms with van der Waals surface area (Å²) in [5.41, 5.74) is 2.51. The second kappa shape index (κ2) is 9.62. The van der Waals surface area contributed by atoms with Crippen LogP contribution in [0.15, 0.2) is 30.3 Å². The molecule has 0 bridgehead atoms. The average molecular weight is 490 g/mol. The Morgan fingerprint density at radius 2 is 2.09 bits per heavy atom. The summed E-state index contributed by atoms with van der Waals surface area (Å²) in [5.74, 6) is 0.568. The number of amides is 2. The molecule has 2 aliphatic rings. The van der Waals surface area contributed by atoms with Crippen molar-refractivity contribution in [2.45, 2.75) is 51.5 Å². The molecule has 0 radical (unpaired) electrons. The van der Waals surface area contributed by atoms with Gasteiger partial charge in [-0.25, -0.2) is 4.98 Å². The quantitative estimate of drug-likeness (QED) is 0.482. The van der Waals surface area contributed by atoms with Gasteiger partial charge in [-0.2, -0.15) is 5.26 Å². The Bertz CT molecular complexity index is 1350. The number of rotatable bonds is 9. The molecule has 9 heteroatoms. The van der Waals surface area contributed by atoms with Crippen molar-refractivity contribution in [1.29, 1.82) is 5.26 Å². The summed E-state index contributed by atoms with van der Waals surface area (Å²) in [6, 6.07) is 11.2. The first-order chi connectivity index (χ1) is 16.9. The Hall–Kier alpha value is -3.51. The number of anilines is 1. The molecule has 1 aliphatic carbocycles. The zero-order valence-electron chi connectivity index (χ0n) is 19.6. The van der Waals surface area contributed by atoms with Crippen molar-refractivity contribution in [2.75, 3.05) is 18.4 Å². The Kier molecular flexibility index (Phi) is 6.39. The number of thiophene rings is 1. The van der Waals surface area contributed by atoms with E-state index in [0.717, 1.165) is 60.2 Å². The summed E-state index contributed by atoms with van der Waals surface area (Å²) in [5, 5.41) is 12.0. The fourth-order valence-electron chi connectivity index (χ4n) is 4.67. The lowest BCUT2D eigenvalue weighted by Gasteiger charge is -2.16. The highest BCUT2D eigenvalue weighted by Crippen LogP contribution is 2.36. The lowest BCUT2D eigenvalue weighted by molar-refractivity contribution is -0.127. The maximum atomic E-state index is 12.9. The number of nitrogens with one attached hydrogen (secondary N) is 1. The molecule has 3 heterocycles. The van der Waals surface area contributed by atoms with E-state index in [0.29, 0.717) is 35.2 Å². The molecule has 1 aromatic carbocycles. The molecule has 1 atom stereocenters. The molecule has 5 rings (SSSR count). The van der Waals surface area contributed by atoms with E-state index in [9.17, 15) is 14.4 Å². The summed E-state index contributed by atoms with van der Waals surface area (Å²) in [7, 11) is 0. The third kappa shape index (κ3) is 4.84. The molecule has 2 fully saturated rings. The number of hydrogen-bond acceptors (Lipinski definition) is 6. The van der Waals surface area contributed by atoms with E-state index in [1.54, 1.807) is 12.1 Å². The normalized spacial score (nSPS) is 16.5. The van der Waals surface area contributed by atoms with Gasteiger partial charge in [0.25, 0.3) is 5.91 Å². The van der Waals surface area contributed by atoms with Crippen LogP contribution >= 0.6 is 11.3 Å². The number of aromatic nitrogens is 2. The molecule has 2 amide bonds. The van der Waals surface area contributed by atoms with Crippen LogP contribution in [0, 0.1) is 17.2 Å². The fraction of sp³-hybridized carbons (Fsp3) is 0.423. The van der Waals surface area contributed by atoms with Crippen molar-refractivity contribution in [2.24, 2.45) is 5.92 Å². The monoisotopic (exact) mass is 489 g/mol.